The van der Waals surface area contributed by atoms with Gasteiger partial charge in [0.15, 0.2) is 0 Å². The molecule has 0 aliphatic carbocycles. The summed E-state index contributed by atoms with van der Waals surface area (Å²) in [4.78, 5) is 16.5. The number of nitrogens with zero attached hydrogens (tertiary/aromatic N) is 1. The van der Waals surface area contributed by atoms with Crippen LogP contribution in [0.25, 0.3) is 0 Å². The summed E-state index contributed by atoms with van der Waals surface area (Å²) >= 11 is 0. The molecule has 0 saturated heterocycles. The first-order chi connectivity index (χ1) is 11.3. The highest BCUT2D eigenvalue weighted by Gasteiger charge is 2.14. The van der Waals surface area contributed by atoms with Crippen LogP contribution in [0.2, 0.25) is 0 Å². The molecule has 0 aromatic carbocycles. The van der Waals surface area contributed by atoms with E-state index in [1.165, 1.54) is 63.9 Å². The number of unbranched alkanes of at least 4 members (excludes halogenated alkanes) is 9. The Bertz CT molecular complexity index is 457. The van der Waals surface area contributed by atoms with Crippen LogP contribution in [0.1, 0.15) is 76.8 Å². The molecule has 0 saturated carbocycles. The molecule has 0 fully saturated rings. The topological polar surface area (TPSA) is 30.2 Å². The number of aromatic nitrogens is 1. The third-order valence-corrected chi connectivity index (χ3v) is 4.05. The predicted molar refractivity (Wildman–Crippen MR) is 94.0 cm³/mol. The first-order valence-electron chi connectivity index (χ1n) is 9.12. The number of hydrogen-bond acceptors (Lipinski definition) is 2. The van der Waals surface area contributed by atoms with E-state index in [9.17, 15) is 4.79 Å². The van der Waals surface area contributed by atoms with E-state index in [1.54, 1.807) is 10.9 Å². The van der Waals surface area contributed by atoms with Crippen LogP contribution in [0.3, 0.4) is 0 Å². The Morgan fingerprint density at radius 1 is 1.04 bits per heavy atom. The number of hydrogen-bond donors (Lipinski definition) is 0. The summed E-state index contributed by atoms with van der Waals surface area (Å²) in [7, 11) is 0. The van der Waals surface area contributed by atoms with Crippen molar-refractivity contribution in [3.63, 3.8) is 0 Å². The Labute approximate surface area is 141 Å². The van der Waals surface area contributed by atoms with Gasteiger partial charge in [0, 0.05) is 29.4 Å². The summed E-state index contributed by atoms with van der Waals surface area (Å²) in [5.41, 5.74) is 1.03. The molecule has 0 radical (unpaired) electrons. The normalized spacial score (nSPS) is 10.5. The third-order valence-electron chi connectivity index (χ3n) is 4.05. The molecule has 0 atom stereocenters. The van der Waals surface area contributed by atoms with Gasteiger partial charge in [-0.3, -0.25) is 0 Å². The Balaban J connectivity index is 2.14. The summed E-state index contributed by atoms with van der Waals surface area (Å²) in [6, 6.07) is 5.84. The van der Waals surface area contributed by atoms with E-state index >= 15 is 0 Å². The van der Waals surface area contributed by atoms with Crippen LogP contribution in [0.5, 0.6) is 0 Å². The lowest BCUT2D eigenvalue weighted by atomic mass is 10.1. The van der Waals surface area contributed by atoms with Gasteiger partial charge in [0.2, 0.25) is 11.9 Å². The Morgan fingerprint density at radius 2 is 1.65 bits per heavy atom. The maximum absolute atomic E-state index is 11.3. The maximum Gasteiger partial charge on any atom is 0.403 e. The van der Waals surface area contributed by atoms with E-state index in [0.717, 1.165) is 18.5 Å². The van der Waals surface area contributed by atoms with Gasteiger partial charge in [-0.05, 0) is 12.5 Å². The molecule has 1 heterocycles. The first-order valence-corrected chi connectivity index (χ1v) is 9.12. The second-order valence-electron chi connectivity index (χ2n) is 6.06. The molecular formula is C20H32NO2+. The molecular weight excluding hydrogens is 286 g/mol. The molecule has 3 heteroatoms. The van der Waals surface area contributed by atoms with Gasteiger partial charge in [0.1, 0.15) is 0 Å². The summed E-state index contributed by atoms with van der Waals surface area (Å²) in [6.07, 6.45) is 17.1. The molecule has 0 N–H and O–H groups in total. The van der Waals surface area contributed by atoms with Gasteiger partial charge < -0.3 is 0 Å². The van der Waals surface area contributed by atoms with Crippen molar-refractivity contribution in [2.24, 2.45) is 0 Å². The fraction of sp³-hybridized carbons (Fsp3) is 0.600. The lowest BCUT2D eigenvalue weighted by Crippen LogP contribution is -2.48. The Morgan fingerprint density at radius 3 is 2.26 bits per heavy atom. The van der Waals surface area contributed by atoms with Gasteiger partial charge in [0.25, 0.3) is 0 Å². The molecule has 0 bridgehead atoms. The van der Waals surface area contributed by atoms with Crippen LogP contribution in [0, 0.1) is 0 Å². The SMILES string of the molecule is C=CC(=O)O[n+]1ccccc1CCCCCCCCCCCC. The van der Waals surface area contributed by atoms with E-state index in [1.807, 2.05) is 18.2 Å². The highest BCUT2D eigenvalue weighted by atomic mass is 16.7. The molecule has 0 aliphatic heterocycles. The summed E-state index contributed by atoms with van der Waals surface area (Å²) in [5.74, 6) is -0.425. The number of pyridine rings is 1. The molecule has 0 unspecified atom stereocenters. The number of rotatable bonds is 13. The molecule has 1 rings (SSSR count). The molecule has 1 aromatic heterocycles. The van der Waals surface area contributed by atoms with E-state index in [0.29, 0.717) is 0 Å². The predicted octanol–water partition coefficient (Wildman–Crippen LogP) is 4.58. The zero-order valence-corrected chi connectivity index (χ0v) is 14.6. The monoisotopic (exact) mass is 318 g/mol. The largest absolute Gasteiger partial charge is 0.403 e. The molecule has 23 heavy (non-hydrogen) atoms. The smallest absolute Gasteiger partial charge is 0.239 e. The van der Waals surface area contributed by atoms with Crippen molar-refractivity contribution < 1.29 is 14.4 Å². The maximum atomic E-state index is 11.3. The van der Waals surface area contributed by atoms with Crippen molar-refractivity contribution >= 4 is 5.97 Å². The van der Waals surface area contributed by atoms with E-state index in [2.05, 4.69) is 13.5 Å². The van der Waals surface area contributed by atoms with Crippen LogP contribution in [-0.2, 0) is 11.2 Å². The van der Waals surface area contributed by atoms with Gasteiger partial charge in [-0.25, -0.2) is 4.79 Å². The fourth-order valence-electron chi connectivity index (χ4n) is 2.67. The minimum atomic E-state index is -0.425. The molecule has 128 valence electrons. The van der Waals surface area contributed by atoms with Crippen LogP contribution < -0.4 is 9.57 Å². The van der Waals surface area contributed by atoms with E-state index in [4.69, 9.17) is 4.84 Å². The van der Waals surface area contributed by atoms with E-state index in [-0.39, 0.29) is 0 Å². The van der Waals surface area contributed by atoms with Gasteiger partial charge >= 0.3 is 5.97 Å². The summed E-state index contributed by atoms with van der Waals surface area (Å²) in [5, 5.41) is 0. The summed E-state index contributed by atoms with van der Waals surface area (Å²) < 4.78 is 1.55. The van der Waals surface area contributed by atoms with Crippen LogP contribution in [0.4, 0.5) is 0 Å². The van der Waals surface area contributed by atoms with Gasteiger partial charge in [-0.15, -0.1) is 0 Å². The lowest BCUT2D eigenvalue weighted by molar-refractivity contribution is -0.874. The number of carbonyl (C=O) groups excluding carboxylic acids is 1. The Hall–Kier alpha value is -1.64. The van der Waals surface area contributed by atoms with E-state index < -0.39 is 5.97 Å². The zero-order chi connectivity index (χ0) is 16.8. The minimum absolute atomic E-state index is 0.425. The quantitative estimate of drug-likeness (QED) is 0.303. The molecule has 1 aromatic rings. The molecule has 0 spiro atoms. The average molecular weight is 318 g/mol. The van der Waals surface area contributed by atoms with Crippen LogP contribution in [-0.4, -0.2) is 5.97 Å². The van der Waals surface area contributed by atoms with Crippen molar-refractivity contribution in [3.8, 4) is 0 Å². The second-order valence-corrected chi connectivity index (χ2v) is 6.06. The first kappa shape index (κ1) is 19.4. The van der Waals surface area contributed by atoms with Gasteiger partial charge in [-0.1, -0.05) is 71.3 Å². The van der Waals surface area contributed by atoms with Crippen molar-refractivity contribution in [2.75, 3.05) is 0 Å². The zero-order valence-electron chi connectivity index (χ0n) is 14.6. The van der Waals surface area contributed by atoms with Crippen molar-refractivity contribution in [1.82, 2.24) is 0 Å². The number of carbonyl (C=O) groups is 1. The third kappa shape index (κ3) is 9.17. The van der Waals surface area contributed by atoms with Crippen LogP contribution >= 0.6 is 0 Å². The lowest BCUT2D eigenvalue weighted by Gasteiger charge is -2.02. The fourth-order valence-corrected chi connectivity index (χ4v) is 2.67. The van der Waals surface area contributed by atoms with Crippen molar-refractivity contribution in [3.05, 3.63) is 42.7 Å². The highest BCUT2D eigenvalue weighted by Crippen LogP contribution is 2.11. The number of aryl methyl sites for hydroxylation is 1. The van der Waals surface area contributed by atoms with Crippen LogP contribution in [0.15, 0.2) is 37.1 Å². The summed E-state index contributed by atoms with van der Waals surface area (Å²) in [6.45, 7) is 5.68. The molecule has 3 nitrogen and oxygen atoms in total. The second kappa shape index (κ2) is 12.9. The Kier molecular flexibility index (Phi) is 10.9. The average Bonchev–Trinajstić information content (AvgIpc) is 2.57. The van der Waals surface area contributed by atoms with Gasteiger partial charge in [0.05, 0.1) is 0 Å². The molecule has 0 amide bonds. The minimum Gasteiger partial charge on any atom is -0.239 e. The standard InChI is InChI=1S/C20H32NO2/c1-3-5-6-7-8-9-10-11-12-13-16-19-17-14-15-18-21(19)23-20(22)4-2/h4,14-15,17-18H,2-3,5-13,16H2,1H3/q+1. The van der Waals surface area contributed by atoms with Crippen molar-refractivity contribution in [1.29, 1.82) is 0 Å². The van der Waals surface area contributed by atoms with Gasteiger partial charge in [-0.2, -0.15) is 4.84 Å². The van der Waals surface area contributed by atoms with Crippen molar-refractivity contribution in [2.45, 2.75) is 77.6 Å². The highest BCUT2D eigenvalue weighted by molar-refractivity contribution is 5.80. The molecule has 0 aliphatic rings.